The van der Waals surface area contributed by atoms with E-state index in [1.807, 2.05) is 12.1 Å². The molecular weight excluding hydrogens is 385 g/mol. The van der Waals surface area contributed by atoms with Gasteiger partial charge < -0.3 is 14.6 Å². The first kappa shape index (κ1) is 23.0. The molecule has 0 atom stereocenters. The van der Waals surface area contributed by atoms with Gasteiger partial charge in [0.05, 0.1) is 10.9 Å². The van der Waals surface area contributed by atoms with Gasteiger partial charge in [0.15, 0.2) is 0 Å². The van der Waals surface area contributed by atoms with E-state index in [2.05, 4.69) is 4.72 Å². The van der Waals surface area contributed by atoms with Crippen molar-refractivity contribution in [3.8, 4) is 5.75 Å². The maximum atomic E-state index is 12.0. The zero-order chi connectivity index (χ0) is 18.1. The van der Waals surface area contributed by atoms with E-state index in [0.717, 1.165) is 5.56 Å². The third-order valence-corrected chi connectivity index (χ3v) is 5.65. The predicted molar refractivity (Wildman–Crippen MR) is 94.7 cm³/mol. The number of rotatable bonds is 10. The molecule has 0 radical (unpaired) electrons. The number of nitrogens with one attached hydrogen (secondary N) is 1. The molecule has 6 nitrogen and oxygen atoms in total. The van der Waals surface area contributed by atoms with Crippen molar-refractivity contribution in [3.05, 3.63) is 60.2 Å². The van der Waals surface area contributed by atoms with Crippen LogP contribution in [0.2, 0.25) is 0 Å². The minimum absolute atomic E-state index is 0. The Morgan fingerprint density at radius 2 is 1.73 bits per heavy atom. The second-order valence-electron chi connectivity index (χ2n) is 5.07. The van der Waals surface area contributed by atoms with Crippen molar-refractivity contribution in [2.75, 3.05) is 18.9 Å². The molecular formula is C17H18NNaO5S2. The largest absolute Gasteiger partial charge is 1.00 e. The molecule has 0 amide bonds. The number of aliphatic carboxylic acids is 1. The van der Waals surface area contributed by atoms with E-state index in [-0.39, 0.29) is 34.5 Å². The van der Waals surface area contributed by atoms with Gasteiger partial charge in [-0.2, -0.15) is 11.8 Å². The maximum Gasteiger partial charge on any atom is 1.00 e. The van der Waals surface area contributed by atoms with Crippen LogP contribution in [0, 0.1) is 0 Å². The molecule has 134 valence electrons. The number of hydrogen-bond donors (Lipinski definition) is 1. The van der Waals surface area contributed by atoms with Gasteiger partial charge in [-0.1, -0.05) is 30.3 Å². The van der Waals surface area contributed by atoms with Gasteiger partial charge in [-0.05, 0) is 29.8 Å². The third kappa shape index (κ3) is 8.11. The van der Waals surface area contributed by atoms with Gasteiger partial charge in [0, 0.05) is 18.1 Å². The van der Waals surface area contributed by atoms with Crippen molar-refractivity contribution in [2.45, 2.75) is 10.6 Å². The monoisotopic (exact) mass is 403 g/mol. The number of sulfonamides is 1. The van der Waals surface area contributed by atoms with Crippen molar-refractivity contribution in [1.29, 1.82) is 0 Å². The van der Waals surface area contributed by atoms with Crippen LogP contribution in [0.5, 0.6) is 5.75 Å². The fraction of sp³-hybridized carbons (Fsp3) is 0.235. The van der Waals surface area contributed by atoms with Crippen LogP contribution in [-0.4, -0.2) is 33.3 Å². The van der Waals surface area contributed by atoms with Crippen molar-refractivity contribution in [1.82, 2.24) is 4.72 Å². The molecule has 0 heterocycles. The van der Waals surface area contributed by atoms with Gasteiger partial charge in [0.1, 0.15) is 12.4 Å². The van der Waals surface area contributed by atoms with Crippen LogP contribution in [-0.2, 0) is 20.6 Å². The van der Waals surface area contributed by atoms with Gasteiger partial charge >= 0.3 is 29.6 Å². The van der Waals surface area contributed by atoms with E-state index < -0.39 is 22.6 Å². The molecule has 0 aliphatic rings. The Bertz CT molecular complexity index is 783. The molecule has 2 rings (SSSR count). The number of carbonyl (C=O) groups excluding carboxylic acids is 1. The minimum Gasteiger partial charge on any atom is -0.546 e. The number of carbonyl (C=O) groups is 1. The molecule has 0 bridgehead atoms. The number of carboxylic acids is 1. The maximum absolute atomic E-state index is 12.0. The van der Waals surface area contributed by atoms with E-state index in [0.29, 0.717) is 23.8 Å². The summed E-state index contributed by atoms with van der Waals surface area (Å²) >= 11 is 1.59. The topological polar surface area (TPSA) is 95.5 Å². The number of benzene rings is 2. The molecule has 0 unspecified atom stereocenters. The summed E-state index contributed by atoms with van der Waals surface area (Å²) in [5.41, 5.74) is 1.04. The summed E-state index contributed by atoms with van der Waals surface area (Å²) in [4.78, 5) is 10.6. The SMILES string of the molecule is O=C([O-])COc1ccc(CSCCNS(=O)(=O)c2ccccc2)cc1.[Na+]. The predicted octanol–water partition coefficient (Wildman–Crippen LogP) is -1.97. The normalized spacial score (nSPS) is 10.8. The molecule has 0 saturated carbocycles. The molecule has 0 aliphatic carbocycles. The van der Waals surface area contributed by atoms with Crippen LogP contribution < -0.4 is 44.1 Å². The van der Waals surface area contributed by atoms with Crippen LogP contribution in [0.3, 0.4) is 0 Å². The molecule has 2 aromatic rings. The molecule has 26 heavy (non-hydrogen) atoms. The smallest absolute Gasteiger partial charge is 0.546 e. The average molecular weight is 403 g/mol. The first-order chi connectivity index (χ1) is 12.0. The van der Waals surface area contributed by atoms with E-state index >= 15 is 0 Å². The Labute approximate surface area is 179 Å². The second-order valence-corrected chi connectivity index (χ2v) is 7.94. The van der Waals surface area contributed by atoms with Crippen LogP contribution in [0.25, 0.3) is 0 Å². The number of hydrogen-bond acceptors (Lipinski definition) is 6. The van der Waals surface area contributed by atoms with Gasteiger partial charge in [-0.15, -0.1) is 0 Å². The van der Waals surface area contributed by atoms with Gasteiger partial charge in [0.25, 0.3) is 0 Å². The Kier molecular flexibility index (Phi) is 10.3. The quantitative estimate of drug-likeness (QED) is 0.365. The third-order valence-electron chi connectivity index (χ3n) is 3.14. The first-order valence-corrected chi connectivity index (χ1v) is 10.2. The number of carboxylic acid groups (broad SMARTS) is 1. The summed E-state index contributed by atoms with van der Waals surface area (Å²) in [7, 11) is -3.46. The summed E-state index contributed by atoms with van der Waals surface area (Å²) in [6.07, 6.45) is 0. The molecule has 0 aliphatic heterocycles. The Morgan fingerprint density at radius 3 is 2.35 bits per heavy atom. The zero-order valence-corrected chi connectivity index (χ0v) is 18.0. The first-order valence-electron chi connectivity index (χ1n) is 7.51. The summed E-state index contributed by atoms with van der Waals surface area (Å²) in [5, 5.41) is 10.3. The molecule has 0 fully saturated rings. The summed E-state index contributed by atoms with van der Waals surface area (Å²) < 4.78 is 31.6. The second kappa shape index (κ2) is 11.6. The van der Waals surface area contributed by atoms with Crippen molar-refractivity contribution in [2.24, 2.45) is 0 Å². The standard InChI is InChI=1S/C17H19NO5S2.Na/c19-17(20)12-23-15-8-6-14(7-9-15)13-24-11-10-18-25(21,22)16-4-2-1-3-5-16;/h1-9,18H,10-13H2,(H,19,20);/q;+1/p-1. The zero-order valence-electron chi connectivity index (χ0n) is 14.4. The summed E-state index contributed by atoms with van der Waals surface area (Å²) in [6, 6.07) is 15.3. The van der Waals surface area contributed by atoms with E-state index in [4.69, 9.17) is 4.74 Å². The average Bonchev–Trinajstić information content (AvgIpc) is 2.61. The van der Waals surface area contributed by atoms with Crippen LogP contribution in [0.4, 0.5) is 0 Å². The van der Waals surface area contributed by atoms with Crippen LogP contribution in [0.15, 0.2) is 59.5 Å². The van der Waals surface area contributed by atoms with Crippen molar-refractivity contribution < 1.29 is 52.6 Å². The van der Waals surface area contributed by atoms with E-state index in [9.17, 15) is 18.3 Å². The molecule has 2 aromatic carbocycles. The molecule has 0 spiro atoms. The fourth-order valence-electron chi connectivity index (χ4n) is 1.95. The van der Waals surface area contributed by atoms with Crippen molar-refractivity contribution >= 4 is 27.8 Å². The molecule has 0 aromatic heterocycles. The Balaban J connectivity index is 0.00000338. The fourth-order valence-corrected chi connectivity index (χ4v) is 3.95. The van der Waals surface area contributed by atoms with Gasteiger partial charge in [0.2, 0.25) is 10.0 Å². The van der Waals surface area contributed by atoms with E-state index in [1.165, 1.54) is 0 Å². The molecule has 9 heteroatoms. The van der Waals surface area contributed by atoms with E-state index in [1.54, 1.807) is 54.2 Å². The van der Waals surface area contributed by atoms with Crippen molar-refractivity contribution in [3.63, 3.8) is 0 Å². The summed E-state index contributed by atoms with van der Waals surface area (Å²) in [6.45, 7) is -0.135. The van der Waals surface area contributed by atoms with Gasteiger partial charge in [-0.3, -0.25) is 0 Å². The van der Waals surface area contributed by atoms with Gasteiger partial charge in [-0.25, -0.2) is 13.1 Å². The Hall–Kier alpha value is -1.03. The number of thioether (sulfide) groups is 1. The summed E-state index contributed by atoms with van der Waals surface area (Å²) in [5.74, 6) is 0.550. The number of ether oxygens (including phenoxy) is 1. The molecule has 0 saturated heterocycles. The minimum atomic E-state index is -3.46. The molecule has 1 N–H and O–H groups in total. The Morgan fingerprint density at radius 1 is 1.08 bits per heavy atom. The van der Waals surface area contributed by atoms with Crippen LogP contribution in [0.1, 0.15) is 5.56 Å². The van der Waals surface area contributed by atoms with Crippen LogP contribution >= 0.6 is 11.8 Å².